The number of carboxylic acids is 1. The van der Waals surface area contributed by atoms with E-state index in [1.807, 2.05) is 0 Å². The molecule has 4 N–H and O–H groups in total. The Morgan fingerprint density at radius 3 is 1.74 bits per heavy atom. The number of esters is 2. The van der Waals surface area contributed by atoms with Crippen molar-refractivity contribution < 1.29 is 38.5 Å². The molecule has 1 rings (SSSR count). The molecule has 172 valence electrons. The zero-order chi connectivity index (χ0) is 24.0. The lowest BCUT2D eigenvalue weighted by Crippen LogP contribution is -2.62. The first-order valence-electron chi connectivity index (χ1n) is 9.52. The molecule has 0 spiro atoms. The molecule has 0 aliphatic heterocycles. The lowest BCUT2D eigenvalue weighted by Gasteiger charge is -2.31. The van der Waals surface area contributed by atoms with E-state index < -0.39 is 47.3 Å². The fraction of sp³-hybridized carbons (Fsp3) is 0.524. The predicted molar refractivity (Wildman–Crippen MR) is 111 cm³/mol. The van der Waals surface area contributed by atoms with E-state index in [1.165, 1.54) is 24.3 Å². The van der Waals surface area contributed by atoms with E-state index in [-0.39, 0.29) is 6.42 Å². The van der Waals surface area contributed by atoms with E-state index in [9.17, 15) is 19.2 Å². The lowest BCUT2D eigenvalue weighted by atomic mass is 10.0. The van der Waals surface area contributed by atoms with Crippen LogP contribution in [0.5, 0.6) is 0 Å². The van der Waals surface area contributed by atoms with Gasteiger partial charge in [-0.2, -0.15) is 0 Å². The van der Waals surface area contributed by atoms with E-state index >= 15 is 0 Å². The molecule has 0 aromatic heterocycles. The van der Waals surface area contributed by atoms with Crippen molar-refractivity contribution >= 4 is 29.7 Å². The highest BCUT2D eigenvalue weighted by molar-refractivity contribution is 6.05. The van der Waals surface area contributed by atoms with Gasteiger partial charge in [0.25, 0.3) is 0 Å². The third-order valence-corrected chi connectivity index (χ3v) is 3.51. The highest BCUT2D eigenvalue weighted by Gasteiger charge is 2.49. The van der Waals surface area contributed by atoms with Gasteiger partial charge in [0.15, 0.2) is 0 Å². The van der Waals surface area contributed by atoms with Crippen LogP contribution in [0.3, 0.4) is 0 Å². The van der Waals surface area contributed by atoms with E-state index in [2.05, 4.69) is 5.32 Å². The summed E-state index contributed by atoms with van der Waals surface area (Å²) < 4.78 is 15.4. The van der Waals surface area contributed by atoms with Crippen molar-refractivity contribution in [3.05, 3.63) is 29.8 Å². The molecule has 10 nitrogen and oxygen atoms in total. The first-order valence-corrected chi connectivity index (χ1v) is 9.52. The smallest absolute Gasteiger partial charge is 0.411 e. The van der Waals surface area contributed by atoms with Gasteiger partial charge in [0.2, 0.25) is 5.54 Å². The zero-order valence-corrected chi connectivity index (χ0v) is 18.6. The van der Waals surface area contributed by atoms with Crippen LogP contribution in [0.1, 0.15) is 47.1 Å². The fourth-order valence-electron chi connectivity index (χ4n) is 2.15. The van der Waals surface area contributed by atoms with Crippen LogP contribution in [0.4, 0.5) is 10.5 Å². The Bertz CT molecular complexity index is 791. The predicted octanol–water partition coefficient (Wildman–Crippen LogP) is 2.24. The summed E-state index contributed by atoms with van der Waals surface area (Å²) in [6.45, 7) is 8.78. The molecule has 0 saturated carbocycles. The molecule has 1 aromatic carbocycles. The zero-order valence-electron chi connectivity index (χ0n) is 18.6. The minimum absolute atomic E-state index is 0.161. The number of hydrogen-bond donors (Lipinski definition) is 3. The highest BCUT2D eigenvalue weighted by Crippen LogP contribution is 2.19. The molecule has 0 unspecified atom stereocenters. The number of carbonyl (C=O) groups excluding carboxylic acids is 3. The quantitative estimate of drug-likeness (QED) is 0.330. The number of aliphatic carboxylic acids is 1. The van der Waals surface area contributed by atoms with Gasteiger partial charge in [0, 0.05) is 5.69 Å². The summed E-state index contributed by atoms with van der Waals surface area (Å²) in [6, 6.07) is 6.02. The Kier molecular flexibility index (Phi) is 8.17. The molecule has 0 radical (unpaired) electrons. The van der Waals surface area contributed by atoms with Gasteiger partial charge in [-0.15, -0.1) is 0 Å². The second-order valence-corrected chi connectivity index (χ2v) is 8.94. The van der Waals surface area contributed by atoms with Crippen molar-refractivity contribution in [2.45, 2.75) is 64.7 Å². The molecule has 31 heavy (non-hydrogen) atoms. The number of nitrogens with one attached hydrogen (secondary N) is 1. The number of amides is 1. The number of hydrogen-bond acceptors (Lipinski definition) is 8. The van der Waals surface area contributed by atoms with Crippen molar-refractivity contribution in [3.63, 3.8) is 0 Å². The second-order valence-electron chi connectivity index (χ2n) is 8.94. The molecule has 1 aromatic rings. The molecular formula is C21H30N2O8. The molecule has 0 heterocycles. The Balaban J connectivity index is 2.89. The number of nitrogens with two attached hydrogens (primary N) is 1. The van der Waals surface area contributed by atoms with Crippen molar-refractivity contribution in [2.24, 2.45) is 5.73 Å². The monoisotopic (exact) mass is 438 g/mol. The SMILES string of the molecule is CC(C)(C)OC(=O)C(N)(COC(=O)Nc1ccc(CC(=O)O)cc1)C(=O)OC(C)(C)C. The molecular weight excluding hydrogens is 408 g/mol. The number of benzene rings is 1. The van der Waals surface area contributed by atoms with Crippen LogP contribution in [-0.2, 0) is 35.0 Å². The maximum absolute atomic E-state index is 12.6. The van der Waals surface area contributed by atoms with Gasteiger partial charge in [-0.05, 0) is 59.2 Å². The number of anilines is 1. The third-order valence-electron chi connectivity index (χ3n) is 3.51. The van der Waals surface area contributed by atoms with Crippen molar-refractivity contribution in [1.29, 1.82) is 0 Å². The van der Waals surface area contributed by atoms with Gasteiger partial charge in [-0.25, -0.2) is 14.4 Å². The first kappa shape index (κ1) is 25.9. The Hall–Kier alpha value is -3.14. The van der Waals surface area contributed by atoms with Gasteiger partial charge >= 0.3 is 24.0 Å². The topological polar surface area (TPSA) is 154 Å². The molecule has 0 bridgehead atoms. The standard InChI is InChI=1S/C21H30N2O8/c1-19(2,3)30-16(26)21(22,17(27)31-20(4,5)6)12-29-18(28)23-14-9-7-13(8-10-14)11-15(24)25/h7-10H,11-12,22H2,1-6H3,(H,23,28)(H,24,25). The minimum atomic E-state index is -2.37. The van der Waals surface area contributed by atoms with Crippen LogP contribution >= 0.6 is 0 Å². The van der Waals surface area contributed by atoms with E-state index in [4.69, 9.17) is 25.1 Å². The lowest BCUT2D eigenvalue weighted by molar-refractivity contribution is -0.179. The van der Waals surface area contributed by atoms with Crippen LogP contribution in [0.15, 0.2) is 24.3 Å². The maximum atomic E-state index is 12.6. The molecule has 0 saturated heterocycles. The highest BCUT2D eigenvalue weighted by atomic mass is 16.6. The Morgan fingerprint density at radius 1 is 0.903 bits per heavy atom. The van der Waals surface area contributed by atoms with Crippen LogP contribution in [0.2, 0.25) is 0 Å². The summed E-state index contributed by atoms with van der Waals surface area (Å²) in [5.74, 6) is -3.18. The summed E-state index contributed by atoms with van der Waals surface area (Å²) in [5, 5.41) is 11.2. The van der Waals surface area contributed by atoms with Gasteiger partial charge in [-0.1, -0.05) is 12.1 Å². The van der Waals surface area contributed by atoms with Gasteiger partial charge in [-0.3, -0.25) is 10.1 Å². The van der Waals surface area contributed by atoms with Crippen LogP contribution in [0.25, 0.3) is 0 Å². The average molecular weight is 438 g/mol. The van der Waals surface area contributed by atoms with Crippen LogP contribution in [-0.4, -0.2) is 52.5 Å². The van der Waals surface area contributed by atoms with Gasteiger partial charge < -0.3 is 25.1 Å². The van der Waals surface area contributed by atoms with E-state index in [1.54, 1.807) is 41.5 Å². The van der Waals surface area contributed by atoms with E-state index in [0.717, 1.165) is 0 Å². The van der Waals surface area contributed by atoms with Crippen LogP contribution in [0, 0.1) is 0 Å². The maximum Gasteiger partial charge on any atom is 0.411 e. The number of ether oxygens (including phenoxy) is 3. The molecule has 10 heteroatoms. The Morgan fingerprint density at radius 2 is 1.35 bits per heavy atom. The van der Waals surface area contributed by atoms with Crippen molar-refractivity contribution in [1.82, 2.24) is 0 Å². The molecule has 0 atom stereocenters. The summed E-state index contributed by atoms with van der Waals surface area (Å²) in [7, 11) is 0. The average Bonchev–Trinajstić information content (AvgIpc) is 2.58. The fourth-order valence-corrected chi connectivity index (χ4v) is 2.15. The molecule has 1 amide bonds. The second kappa shape index (κ2) is 9.78. The van der Waals surface area contributed by atoms with Crippen molar-refractivity contribution in [3.8, 4) is 0 Å². The minimum Gasteiger partial charge on any atom is -0.481 e. The molecule has 0 fully saturated rings. The summed E-state index contributed by atoms with van der Waals surface area (Å²) in [5.41, 5.74) is 2.60. The summed E-state index contributed by atoms with van der Waals surface area (Å²) in [4.78, 5) is 48.1. The van der Waals surface area contributed by atoms with Gasteiger partial charge in [0.05, 0.1) is 6.42 Å². The molecule has 0 aliphatic rings. The Labute approximate surface area is 181 Å². The van der Waals surface area contributed by atoms with E-state index in [0.29, 0.717) is 11.3 Å². The first-order chi connectivity index (χ1) is 14.0. The third kappa shape index (κ3) is 9.04. The van der Waals surface area contributed by atoms with Crippen molar-refractivity contribution in [2.75, 3.05) is 11.9 Å². The van der Waals surface area contributed by atoms with Gasteiger partial charge in [0.1, 0.15) is 17.8 Å². The normalized spacial score (nSPS) is 12.0. The summed E-state index contributed by atoms with van der Waals surface area (Å²) in [6.07, 6.45) is -1.14. The largest absolute Gasteiger partial charge is 0.481 e. The van der Waals surface area contributed by atoms with Crippen LogP contribution < -0.4 is 11.1 Å². The number of rotatable bonds is 7. The number of carbonyl (C=O) groups is 4. The molecule has 0 aliphatic carbocycles. The number of carboxylic acid groups (broad SMARTS) is 1. The summed E-state index contributed by atoms with van der Waals surface area (Å²) >= 11 is 0.